The van der Waals surface area contributed by atoms with Crippen LogP contribution in [0, 0.1) is 5.82 Å². The van der Waals surface area contributed by atoms with Crippen molar-refractivity contribution in [1.82, 2.24) is 25.2 Å². The van der Waals surface area contributed by atoms with E-state index in [1.54, 1.807) is 12.1 Å². The molecular weight excluding hydrogens is 367 g/mol. The molecule has 0 saturated carbocycles. The largest absolute Gasteiger partial charge is 0.302 e. The van der Waals surface area contributed by atoms with Gasteiger partial charge in [-0.1, -0.05) is 12.1 Å². The van der Waals surface area contributed by atoms with Gasteiger partial charge in [-0.25, -0.2) is 14.1 Å². The highest BCUT2D eigenvalue weighted by Gasteiger charge is 2.09. The minimum Gasteiger partial charge on any atom is -0.302 e. The number of benzene rings is 2. The standard InChI is InChI=1S/C18H13FN6OS/c19-14-5-3-13(4-6-14)16-10-27-18(21-16)22-17(26)9-12-1-7-15(8-2-12)25-11-20-23-24-25/h1-8,10-11H,9H2,(H,21,22,26). The fourth-order valence-electron chi connectivity index (χ4n) is 2.48. The SMILES string of the molecule is O=C(Cc1ccc(-n2cnnn2)cc1)Nc1nc(-c2ccc(F)cc2)cs1. The van der Waals surface area contributed by atoms with E-state index in [9.17, 15) is 9.18 Å². The molecule has 2 heterocycles. The number of rotatable bonds is 5. The summed E-state index contributed by atoms with van der Waals surface area (Å²) in [6.07, 6.45) is 1.73. The van der Waals surface area contributed by atoms with Crippen molar-refractivity contribution in [2.45, 2.75) is 6.42 Å². The Bertz CT molecular complexity index is 1040. The van der Waals surface area contributed by atoms with Gasteiger partial charge in [0.2, 0.25) is 5.91 Å². The van der Waals surface area contributed by atoms with Crippen LogP contribution in [-0.4, -0.2) is 31.1 Å². The van der Waals surface area contributed by atoms with Gasteiger partial charge in [0.25, 0.3) is 0 Å². The minimum absolute atomic E-state index is 0.162. The van der Waals surface area contributed by atoms with Crippen LogP contribution in [0.5, 0.6) is 0 Å². The number of hydrogen-bond donors (Lipinski definition) is 1. The number of nitrogens with zero attached hydrogens (tertiary/aromatic N) is 5. The van der Waals surface area contributed by atoms with E-state index in [0.717, 1.165) is 16.8 Å². The van der Waals surface area contributed by atoms with E-state index in [2.05, 4.69) is 25.8 Å². The van der Waals surface area contributed by atoms with Crippen LogP contribution >= 0.6 is 11.3 Å². The molecule has 0 saturated heterocycles. The Kier molecular flexibility index (Phi) is 4.67. The first kappa shape index (κ1) is 17.0. The molecule has 2 aromatic carbocycles. The minimum atomic E-state index is -0.298. The zero-order valence-electron chi connectivity index (χ0n) is 13.9. The molecule has 0 atom stereocenters. The molecule has 0 radical (unpaired) electrons. The molecule has 1 amide bonds. The van der Waals surface area contributed by atoms with Crippen molar-refractivity contribution in [2.75, 3.05) is 5.32 Å². The Morgan fingerprint density at radius 2 is 1.89 bits per heavy atom. The van der Waals surface area contributed by atoms with E-state index in [1.807, 2.05) is 29.6 Å². The smallest absolute Gasteiger partial charge is 0.230 e. The van der Waals surface area contributed by atoms with Gasteiger partial charge in [-0.15, -0.1) is 16.4 Å². The van der Waals surface area contributed by atoms with Crippen molar-refractivity contribution in [1.29, 1.82) is 0 Å². The molecule has 0 aliphatic rings. The molecule has 0 unspecified atom stereocenters. The van der Waals surface area contributed by atoms with Crippen molar-refractivity contribution in [3.63, 3.8) is 0 Å². The normalized spacial score (nSPS) is 10.7. The zero-order valence-corrected chi connectivity index (χ0v) is 14.7. The van der Waals surface area contributed by atoms with E-state index in [4.69, 9.17) is 0 Å². The summed E-state index contributed by atoms with van der Waals surface area (Å²) in [6, 6.07) is 13.5. The summed E-state index contributed by atoms with van der Waals surface area (Å²) in [6.45, 7) is 0. The lowest BCUT2D eigenvalue weighted by atomic mass is 10.1. The topological polar surface area (TPSA) is 85.6 Å². The van der Waals surface area contributed by atoms with Gasteiger partial charge in [-0.3, -0.25) is 4.79 Å². The highest BCUT2D eigenvalue weighted by atomic mass is 32.1. The maximum atomic E-state index is 13.0. The van der Waals surface area contributed by atoms with Crippen molar-refractivity contribution in [2.24, 2.45) is 0 Å². The van der Waals surface area contributed by atoms with Crippen molar-refractivity contribution < 1.29 is 9.18 Å². The fraction of sp³-hybridized carbons (Fsp3) is 0.0556. The highest BCUT2D eigenvalue weighted by molar-refractivity contribution is 7.14. The Balaban J connectivity index is 1.39. The molecule has 27 heavy (non-hydrogen) atoms. The summed E-state index contributed by atoms with van der Waals surface area (Å²) in [5.74, 6) is -0.459. The maximum absolute atomic E-state index is 13.0. The molecule has 4 rings (SSSR count). The van der Waals surface area contributed by atoms with Gasteiger partial charge < -0.3 is 5.32 Å². The average Bonchev–Trinajstić information content (AvgIpc) is 3.35. The van der Waals surface area contributed by atoms with E-state index in [0.29, 0.717) is 10.8 Å². The molecule has 9 heteroatoms. The van der Waals surface area contributed by atoms with Crippen LogP contribution in [0.1, 0.15) is 5.56 Å². The van der Waals surface area contributed by atoms with E-state index >= 15 is 0 Å². The summed E-state index contributed by atoms with van der Waals surface area (Å²) in [7, 11) is 0. The van der Waals surface area contributed by atoms with Crippen LogP contribution < -0.4 is 5.32 Å². The molecule has 4 aromatic rings. The number of tetrazole rings is 1. The first-order chi connectivity index (χ1) is 13.2. The molecule has 0 aliphatic heterocycles. The molecule has 7 nitrogen and oxygen atoms in total. The molecular formula is C18H13FN6OS. The summed E-state index contributed by atoms with van der Waals surface area (Å²) in [5.41, 5.74) is 3.17. The van der Waals surface area contributed by atoms with Gasteiger partial charge in [0, 0.05) is 10.9 Å². The van der Waals surface area contributed by atoms with Gasteiger partial charge in [0.15, 0.2) is 5.13 Å². The highest BCUT2D eigenvalue weighted by Crippen LogP contribution is 2.25. The maximum Gasteiger partial charge on any atom is 0.230 e. The number of carbonyl (C=O) groups excluding carboxylic acids is 1. The van der Waals surface area contributed by atoms with Crippen LogP contribution in [0.15, 0.2) is 60.2 Å². The van der Waals surface area contributed by atoms with Gasteiger partial charge in [-0.2, -0.15) is 0 Å². The monoisotopic (exact) mass is 380 g/mol. The average molecular weight is 380 g/mol. The molecule has 0 fully saturated rings. The summed E-state index contributed by atoms with van der Waals surface area (Å²) in [5, 5.41) is 16.1. The molecule has 0 spiro atoms. The van der Waals surface area contributed by atoms with Crippen molar-refractivity contribution in [3.05, 3.63) is 71.6 Å². The molecule has 0 bridgehead atoms. The molecule has 2 aromatic heterocycles. The second kappa shape index (κ2) is 7.42. The number of hydrogen-bond acceptors (Lipinski definition) is 6. The lowest BCUT2D eigenvalue weighted by molar-refractivity contribution is -0.115. The van der Waals surface area contributed by atoms with E-state index in [-0.39, 0.29) is 18.1 Å². The number of thiazole rings is 1. The Hall–Kier alpha value is -3.46. The third-order valence-electron chi connectivity index (χ3n) is 3.81. The van der Waals surface area contributed by atoms with Gasteiger partial charge >= 0.3 is 0 Å². The van der Waals surface area contributed by atoms with Crippen LogP contribution in [0.4, 0.5) is 9.52 Å². The van der Waals surface area contributed by atoms with Crippen LogP contribution in [0.3, 0.4) is 0 Å². The third kappa shape index (κ3) is 4.04. The quantitative estimate of drug-likeness (QED) is 0.575. The predicted octanol–water partition coefficient (Wildman–Crippen LogP) is 3.11. The van der Waals surface area contributed by atoms with Gasteiger partial charge in [-0.05, 0) is 52.4 Å². The molecule has 0 aliphatic carbocycles. The number of carbonyl (C=O) groups is 1. The first-order valence-electron chi connectivity index (χ1n) is 8.01. The third-order valence-corrected chi connectivity index (χ3v) is 4.56. The number of halogens is 1. The van der Waals surface area contributed by atoms with Crippen LogP contribution in [-0.2, 0) is 11.2 Å². The Morgan fingerprint density at radius 1 is 1.11 bits per heavy atom. The second-order valence-electron chi connectivity index (χ2n) is 5.69. The lowest BCUT2D eigenvalue weighted by Gasteiger charge is -2.04. The number of aromatic nitrogens is 5. The summed E-state index contributed by atoms with van der Waals surface area (Å²) in [4.78, 5) is 16.6. The second-order valence-corrected chi connectivity index (χ2v) is 6.55. The number of nitrogens with one attached hydrogen (secondary N) is 1. The summed E-state index contributed by atoms with van der Waals surface area (Å²) < 4.78 is 14.5. The molecule has 134 valence electrons. The van der Waals surface area contributed by atoms with Gasteiger partial charge in [0.1, 0.15) is 12.1 Å². The van der Waals surface area contributed by atoms with E-state index in [1.165, 1.54) is 34.5 Å². The van der Waals surface area contributed by atoms with Gasteiger partial charge in [0.05, 0.1) is 17.8 Å². The van der Waals surface area contributed by atoms with Crippen LogP contribution in [0.25, 0.3) is 16.9 Å². The van der Waals surface area contributed by atoms with Crippen molar-refractivity contribution in [3.8, 4) is 16.9 Å². The Labute approximate surface area is 157 Å². The zero-order chi connectivity index (χ0) is 18.6. The number of amides is 1. The van der Waals surface area contributed by atoms with Crippen LogP contribution in [0.2, 0.25) is 0 Å². The first-order valence-corrected chi connectivity index (χ1v) is 8.89. The Morgan fingerprint density at radius 3 is 2.59 bits per heavy atom. The number of anilines is 1. The van der Waals surface area contributed by atoms with E-state index < -0.39 is 0 Å². The predicted molar refractivity (Wildman–Crippen MR) is 99.0 cm³/mol. The lowest BCUT2D eigenvalue weighted by Crippen LogP contribution is -2.14. The summed E-state index contributed by atoms with van der Waals surface area (Å²) >= 11 is 1.33. The molecule has 1 N–H and O–H groups in total. The van der Waals surface area contributed by atoms with Crippen molar-refractivity contribution >= 4 is 22.4 Å². The fourth-order valence-corrected chi connectivity index (χ4v) is 3.22.